The fourth-order valence-corrected chi connectivity index (χ4v) is 3.59. The largest absolute Gasteiger partial charge is 0.477 e. The topological polar surface area (TPSA) is 126 Å². The second-order valence-corrected chi connectivity index (χ2v) is 7.42. The number of carbonyl (C=O) groups excluding carboxylic acids is 2. The molecular weight excluding hydrogens is 448 g/mol. The molecule has 33 heavy (non-hydrogen) atoms. The molecule has 0 aliphatic heterocycles. The summed E-state index contributed by atoms with van der Waals surface area (Å²) in [5.41, 5.74) is 0.784. The minimum absolute atomic E-state index is 0.0323. The van der Waals surface area contributed by atoms with E-state index >= 15 is 0 Å². The number of para-hydroxylation sites is 2. The van der Waals surface area contributed by atoms with Crippen molar-refractivity contribution in [2.45, 2.75) is 18.6 Å². The van der Waals surface area contributed by atoms with Crippen LogP contribution in [0.5, 0.6) is 5.75 Å². The number of ether oxygens (including phenoxy) is 2. The summed E-state index contributed by atoms with van der Waals surface area (Å²) in [6.07, 6.45) is 1.81. The first-order valence-electron chi connectivity index (χ1n) is 9.96. The number of hydrogen-bond acceptors (Lipinski definition) is 8. The summed E-state index contributed by atoms with van der Waals surface area (Å²) in [5, 5.41) is 14.2. The highest BCUT2D eigenvalue weighted by atomic mass is 32.2. The standard InChI is InChI=1S/C22H22N4O6S/c1-3-31-21(28)19-20(24-22(33-2)25(19)13-15-9-5-4-6-10-15)23-18(27)14-32-17-12-8-7-11-16(17)26(29)30/h4-12H,3,13-14H2,1-2H3,(H,23,27). The van der Waals surface area contributed by atoms with Gasteiger partial charge in [-0.15, -0.1) is 0 Å². The maximum Gasteiger partial charge on any atom is 0.358 e. The van der Waals surface area contributed by atoms with Crippen LogP contribution in [0.3, 0.4) is 0 Å². The van der Waals surface area contributed by atoms with Crippen molar-refractivity contribution in [1.29, 1.82) is 0 Å². The smallest absolute Gasteiger partial charge is 0.358 e. The van der Waals surface area contributed by atoms with Gasteiger partial charge in [-0.3, -0.25) is 14.9 Å². The Morgan fingerprint density at radius 3 is 2.52 bits per heavy atom. The number of thioether (sulfide) groups is 1. The van der Waals surface area contributed by atoms with Gasteiger partial charge >= 0.3 is 11.7 Å². The highest BCUT2D eigenvalue weighted by Crippen LogP contribution is 2.27. The molecule has 0 bridgehead atoms. The Morgan fingerprint density at radius 1 is 1.15 bits per heavy atom. The van der Waals surface area contributed by atoms with E-state index in [-0.39, 0.29) is 29.6 Å². The predicted molar refractivity (Wildman–Crippen MR) is 123 cm³/mol. The molecule has 3 rings (SSSR count). The average molecular weight is 471 g/mol. The van der Waals surface area contributed by atoms with E-state index < -0.39 is 23.4 Å². The van der Waals surface area contributed by atoms with Crippen LogP contribution in [-0.2, 0) is 16.1 Å². The number of nitrogens with one attached hydrogen (secondary N) is 1. The summed E-state index contributed by atoms with van der Waals surface area (Å²) in [4.78, 5) is 40.2. The highest BCUT2D eigenvalue weighted by Gasteiger charge is 2.26. The number of amides is 1. The number of anilines is 1. The van der Waals surface area contributed by atoms with Crippen LogP contribution >= 0.6 is 11.8 Å². The Labute approximate surface area is 194 Å². The van der Waals surface area contributed by atoms with Crippen molar-refractivity contribution in [3.8, 4) is 5.75 Å². The van der Waals surface area contributed by atoms with Gasteiger partial charge in [0, 0.05) is 6.07 Å². The zero-order valence-electron chi connectivity index (χ0n) is 18.0. The lowest BCUT2D eigenvalue weighted by molar-refractivity contribution is -0.385. The maximum absolute atomic E-state index is 12.7. The van der Waals surface area contributed by atoms with Gasteiger partial charge in [-0.2, -0.15) is 0 Å². The van der Waals surface area contributed by atoms with Crippen LogP contribution in [0.25, 0.3) is 0 Å². The van der Waals surface area contributed by atoms with E-state index in [9.17, 15) is 19.7 Å². The van der Waals surface area contributed by atoms with Crippen molar-refractivity contribution < 1.29 is 24.0 Å². The SMILES string of the molecule is CCOC(=O)c1c(NC(=O)COc2ccccc2[N+](=O)[O-])nc(SC)n1Cc1ccccc1. The van der Waals surface area contributed by atoms with Crippen LogP contribution in [0.15, 0.2) is 59.8 Å². The van der Waals surface area contributed by atoms with Crippen molar-refractivity contribution in [3.05, 3.63) is 76.0 Å². The van der Waals surface area contributed by atoms with Gasteiger partial charge < -0.3 is 19.4 Å². The number of nitrogens with zero attached hydrogens (tertiary/aromatic N) is 3. The number of nitro groups is 1. The normalized spacial score (nSPS) is 10.5. The summed E-state index contributed by atoms with van der Waals surface area (Å²) in [6, 6.07) is 15.2. The molecule has 0 aliphatic rings. The molecule has 1 amide bonds. The van der Waals surface area contributed by atoms with Crippen LogP contribution < -0.4 is 10.1 Å². The fraction of sp³-hybridized carbons (Fsp3) is 0.227. The summed E-state index contributed by atoms with van der Waals surface area (Å²) >= 11 is 1.31. The van der Waals surface area contributed by atoms with Gasteiger partial charge in [0.05, 0.1) is 18.1 Å². The van der Waals surface area contributed by atoms with Crippen LogP contribution in [0.4, 0.5) is 11.5 Å². The molecule has 0 aliphatic carbocycles. The summed E-state index contributed by atoms with van der Waals surface area (Å²) < 4.78 is 12.2. The summed E-state index contributed by atoms with van der Waals surface area (Å²) in [5.74, 6) is -1.26. The van der Waals surface area contributed by atoms with Gasteiger partial charge in [0.2, 0.25) is 0 Å². The van der Waals surface area contributed by atoms with E-state index in [0.717, 1.165) is 5.56 Å². The van der Waals surface area contributed by atoms with Crippen molar-refractivity contribution in [2.24, 2.45) is 0 Å². The van der Waals surface area contributed by atoms with Gasteiger partial charge in [0.25, 0.3) is 5.91 Å². The third-order valence-electron chi connectivity index (χ3n) is 4.45. The molecule has 1 N–H and O–H groups in total. The number of aromatic nitrogens is 2. The van der Waals surface area contributed by atoms with Crippen molar-refractivity contribution in [1.82, 2.24) is 9.55 Å². The van der Waals surface area contributed by atoms with Crippen molar-refractivity contribution in [2.75, 3.05) is 24.8 Å². The minimum Gasteiger partial charge on any atom is -0.477 e. The number of hydrogen-bond donors (Lipinski definition) is 1. The number of nitro benzene ring substituents is 1. The first-order chi connectivity index (χ1) is 15.9. The first kappa shape index (κ1) is 23.8. The molecule has 3 aromatic rings. The number of benzene rings is 2. The Kier molecular flexibility index (Phi) is 8.03. The van der Waals surface area contributed by atoms with Gasteiger partial charge in [-0.1, -0.05) is 54.2 Å². The fourth-order valence-electron chi connectivity index (χ4n) is 3.04. The van der Waals surface area contributed by atoms with E-state index in [1.165, 1.54) is 30.0 Å². The molecule has 0 unspecified atom stereocenters. The van der Waals surface area contributed by atoms with Crippen LogP contribution in [0, 0.1) is 10.1 Å². The lowest BCUT2D eigenvalue weighted by atomic mass is 10.2. The molecule has 172 valence electrons. The van der Waals surface area contributed by atoms with Crippen LogP contribution in [0.1, 0.15) is 23.0 Å². The Hall–Kier alpha value is -3.86. The number of carbonyl (C=O) groups is 2. The average Bonchev–Trinajstić information content (AvgIpc) is 3.15. The Balaban J connectivity index is 1.85. The van der Waals surface area contributed by atoms with Crippen LogP contribution in [-0.4, -0.2) is 45.8 Å². The maximum atomic E-state index is 12.7. The van der Waals surface area contributed by atoms with E-state index in [1.807, 2.05) is 36.6 Å². The Bertz CT molecular complexity index is 1150. The number of rotatable bonds is 10. The summed E-state index contributed by atoms with van der Waals surface area (Å²) in [6.45, 7) is 1.68. The summed E-state index contributed by atoms with van der Waals surface area (Å²) in [7, 11) is 0. The van der Waals surface area contributed by atoms with Gasteiger partial charge in [0.1, 0.15) is 0 Å². The molecule has 0 radical (unpaired) electrons. The quantitative estimate of drug-likeness (QED) is 0.205. The van der Waals surface area contributed by atoms with Gasteiger partial charge in [-0.05, 0) is 24.8 Å². The zero-order chi connectivity index (χ0) is 23.8. The molecule has 0 saturated heterocycles. The molecule has 10 nitrogen and oxygen atoms in total. The molecule has 0 atom stereocenters. The minimum atomic E-state index is -0.629. The Morgan fingerprint density at radius 2 is 1.85 bits per heavy atom. The molecule has 1 aromatic heterocycles. The molecule has 1 heterocycles. The molecule has 0 spiro atoms. The third kappa shape index (κ3) is 5.89. The molecule has 11 heteroatoms. The second-order valence-electron chi connectivity index (χ2n) is 6.65. The lowest BCUT2D eigenvalue weighted by Gasteiger charge is -2.11. The predicted octanol–water partition coefficient (Wildman–Crippen LogP) is 3.76. The lowest BCUT2D eigenvalue weighted by Crippen LogP contribution is -2.23. The van der Waals surface area contributed by atoms with Crippen molar-refractivity contribution >= 4 is 35.1 Å². The molecular formula is C22H22N4O6S. The number of imidazole rings is 1. The van der Waals surface area contributed by atoms with E-state index in [0.29, 0.717) is 11.7 Å². The van der Waals surface area contributed by atoms with Gasteiger partial charge in [0.15, 0.2) is 29.0 Å². The number of esters is 1. The highest BCUT2D eigenvalue weighted by molar-refractivity contribution is 7.98. The van der Waals surface area contributed by atoms with E-state index in [4.69, 9.17) is 9.47 Å². The van der Waals surface area contributed by atoms with Crippen LogP contribution in [0.2, 0.25) is 0 Å². The van der Waals surface area contributed by atoms with Crippen molar-refractivity contribution in [3.63, 3.8) is 0 Å². The first-order valence-corrected chi connectivity index (χ1v) is 11.2. The van der Waals surface area contributed by atoms with Gasteiger partial charge in [-0.25, -0.2) is 9.78 Å². The van der Waals surface area contributed by atoms with E-state index in [2.05, 4.69) is 10.3 Å². The second kappa shape index (κ2) is 11.1. The molecule has 0 saturated carbocycles. The monoisotopic (exact) mass is 470 g/mol. The van der Waals surface area contributed by atoms with E-state index in [1.54, 1.807) is 17.6 Å². The zero-order valence-corrected chi connectivity index (χ0v) is 18.8. The molecule has 0 fully saturated rings. The third-order valence-corrected chi connectivity index (χ3v) is 5.12. The molecule has 2 aromatic carbocycles.